The molecule has 2 aromatic heterocycles. The molecule has 0 saturated carbocycles. The molecular weight excluding hydrogens is 330 g/mol. The summed E-state index contributed by atoms with van der Waals surface area (Å²) in [5, 5.41) is 6.33. The molecule has 0 bridgehead atoms. The zero-order valence-corrected chi connectivity index (χ0v) is 13.9. The predicted molar refractivity (Wildman–Crippen MR) is 91.1 cm³/mol. The normalized spacial score (nSPS) is 11.9. The van der Waals surface area contributed by atoms with Gasteiger partial charge in [0, 0.05) is 21.9 Å². The molecule has 0 spiro atoms. The molecule has 0 radical (unpaired) electrons. The highest BCUT2D eigenvalue weighted by atomic mass is 32.1. The molecule has 0 aliphatic rings. The maximum atomic E-state index is 12.2. The number of ether oxygens (including phenoxy) is 1. The monoisotopic (exact) mass is 343 g/mol. The van der Waals surface area contributed by atoms with Crippen molar-refractivity contribution in [2.24, 2.45) is 0 Å². The summed E-state index contributed by atoms with van der Waals surface area (Å²) < 4.78 is 5.24. The predicted octanol–water partition coefficient (Wildman–Crippen LogP) is 4.30. The molecule has 0 amide bonds. The van der Waals surface area contributed by atoms with Crippen LogP contribution in [0, 0.1) is 0 Å². The second-order valence-electron chi connectivity index (χ2n) is 4.83. The van der Waals surface area contributed by atoms with E-state index in [1.54, 1.807) is 47.9 Å². The van der Waals surface area contributed by atoms with E-state index < -0.39 is 12.1 Å². The van der Waals surface area contributed by atoms with Crippen molar-refractivity contribution in [1.82, 2.24) is 4.98 Å². The quantitative estimate of drug-likeness (QED) is 0.512. The van der Waals surface area contributed by atoms with Crippen LogP contribution in [0.3, 0.4) is 0 Å². The molecule has 3 aromatic rings. The fourth-order valence-electron chi connectivity index (χ4n) is 2.00. The summed E-state index contributed by atoms with van der Waals surface area (Å²) in [7, 11) is 0. The minimum atomic E-state index is -0.851. The molecule has 0 fully saturated rings. The van der Waals surface area contributed by atoms with Gasteiger partial charge in [0.2, 0.25) is 5.78 Å². The van der Waals surface area contributed by atoms with Crippen LogP contribution in [0.2, 0.25) is 0 Å². The van der Waals surface area contributed by atoms with Crippen LogP contribution in [0.1, 0.15) is 27.8 Å². The van der Waals surface area contributed by atoms with E-state index >= 15 is 0 Å². The molecule has 0 aliphatic heterocycles. The van der Waals surface area contributed by atoms with Crippen molar-refractivity contribution in [3.8, 4) is 10.6 Å². The number of hydrogen-bond acceptors (Lipinski definition) is 6. The van der Waals surface area contributed by atoms with Crippen LogP contribution in [0.5, 0.6) is 0 Å². The molecule has 4 nitrogen and oxygen atoms in total. The molecule has 23 heavy (non-hydrogen) atoms. The van der Waals surface area contributed by atoms with Gasteiger partial charge in [-0.05, 0) is 18.4 Å². The SMILES string of the molecule is CC(OC(=O)c1csc(-c2ccsc2)n1)C(=O)c1ccccc1. The summed E-state index contributed by atoms with van der Waals surface area (Å²) in [6.07, 6.45) is -0.851. The molecule has 0 saturated heterocycles. The average molecular weight is 343 g/mol. The lowest BCUT2D eigenvalue weighted by Crippen LogP contribution is -2.24. The Labute approximate surface area is 141 Å². The molecule has 6 heteroatoms. The lowest BCUT2D eigenvalue weighted by atomic mass is 10.1. The summed E-state index contributed by atoms with van der Waals surface area (Å²) in [5.41, 5.74) is 1.72. The summed E-state index contributed by atoms with van der Waals surface area (Å²) in [4.78, 5) is 28.6. The Hall–Kier alpha value is -2.31. The van der Waals surface area contributed by atoms with Crippen molar-refractivity contribution in [2.45, 2.75) is 13.0 Å². The van der Waals surface area contributed by atoms with Crippen LogP contribution in [0.15, 0.2) is 52.5 Å². The van der Waals surface area contributed by atoms with Crippen LogP contribution in [-0.4, -0.2) is 22.8 Å². The third kappa shape index (κ3) is 3.55. The first-order chi connectivity index (χ1) is 11.1. The molecular formula is C17H13NO3S2. The highest BCUT2D eigenvalue weighted by molar-refractivity contribution is 7.14. The second kappa shape index (κ2) is 6.85. The lowest BCUT2D eigenvalue weighted by molar-refractivity contribution is 0.0314. The van der Waals surface area contributed by atoms with E-state index in [2.05, 4.69) is 4.98 Å². The fraction of sp³-hybridized carbons (Fsp3) is 0.118. The number of thiazole rings is 1. The van der Waals surface area contributed by atoms with Gasteiger partial charge >= 0.3 is 5.97 Å². The number of ketones is 1. The lowest BCUT2D eigenvalue weighted by Gasteiger charge is -2.11. The molecule has 3 rings (SSSR count). The maximum Gasteiger partial charge on any atom is 0.358 e. The van der Waals surface area contributed by atoms with Crippen LogP contribution >= 0.6 is 22.7 Å². The number of rotatable bonds is 5. The Kier molecular flexibility index (Phi) is 4.64. The third-order valence-electron chi connectivity index (χ3n) is 3.19. The van der Waals surface area contributed by atoms with Gasteiger partial charge in [-0.1, -0.05) is 30.3 Å². The van der Waals surface area contributed by atoms with E-state index in [0.29, 0.717) is 5.56 Å². The number of thiophene rings is 1. The van der Waals surface area contributed by atoms with Crippen LogP contribution < -0.4 is 0 Å². The first kappa shape index (κ1) is 15.6. The number of carbonyl (C=O) groups excluding carboxylic acids is 2. The van der Waals surface area contributed by atoms with Gasteiger partial charge in [0.15, 0.2) is 11.8 Å². The summed E-state index contributed by atoms with van der Waals surface area (Å²) in [5.74, 6) is -0.813. The van der Waals surface area contributed by atoms with Crippen LogP contribution in [0.25, 0.3) is 10.6 Å². The van der Waals surface area contributed by atoms with Gasteiger partial charge < -0.3 is 4.74 Å². The van der Waals surface area contributed by atoms with Crippen molar-refractivity contribution >= 4 is 34.4 Å². The largest absolute Gasteiger partial charge is 0.450 e. The van der Waals surface area contributed by atoms with E-state index in [9.17, 15) is 9.59 Å². The molecule has 0 N–H and O–H groups in total. The number of hydrogen-bond donors (Lipinski definition) is 0. The topological polar surface area (TPSA) is 56.3 Å². The van der Waals surface area contributed by atoms with Gasteiger partial charge in [-0.3, -0.25) is 4.79 Å². The number of aromatic nitrogens is 1. The van der Waals surface area contributed by atoms with E-state index in [0.717, 1.165) is 10.6 Å². The first-order valence-electron chi connectivity index (χ1n) is 6.93. The van der Waals surface area contributed by atoms with Crippen molar-refractivity contribution in [2.75, 3.05) is 0 Å². The van der Waals surface area contributed by atoms with E-state index in [1.165, 1.54) is 11.3 Å². The number of benzene rings is 1. The molecule has 0 aliphatic carbocycles. The van der Waals surface area contributed by atoms with Gasteiger partial charge in [0.05, 0.1) is 0 Å². The smallest absolute Gasteiger partial charge is 0.358 e. The minimum Gasteiger partial charge on any atom is -0.450 e. The standard InChI is InChI=1S/C17H13NO3S2/c1-11(15(19)12-5-3-2-4-6-12)21-17(20)14-10-23-16(18-14)13-7-8-22-9-13/h2-11H,1H3. The number of Topliss-reactive ketones (excluding diaryl/α,β-unsaturated/α-hetero) is 1. The second-order valence-corrected chi connectivity index (χ2v) is 6.47. The molecule has 2 heterocycles. The van der Waals surface area contributed by atoms with Gasteiger partial charge in [-0.2, -0.15) is 11.3 Å². The Morgan fingerprint density at radius 1 is 1.13 bits per heavy atom. The Morgan fingerprint density at radius 2 is 1.91 bits per heavy atom. The Balaban J connectivity index is 1.68. The Morgan fingerprint density at radius 3 is 2.61 bits per heavy atom. The van der Waals surface area contributed by atoms with Gasteiger partial charge in [0.25, 0.3) is 0 Å². The zero-order chi connectivity index (χ0) is 16.2. The van der Waals surface area contributed by atoms with E-state index in [1.807, 2.05) is 22.9 Å². The van der Waals surface area contributed by atoms with Crippen molar-refractivity contribution in [3.05, 3.63) is 63.8 Å². The molecule has 116 valence electrons. The van der Waals surface area contributed by atoms with Gasteiger partial charge in [-0.15, -0.1) is 11.3 Å². The average Bonchev–Trinajstić information content (AvgIpc) is 3.25. The minimum absolute atomic E-state index is 0.226. The maximum absolute atomic E-state index is 12.2. The number of esters is 1. The fourth-order valence-corrected chi connectivity index (χ4v) is 3.50. The number of nitrogens with zero attached hydrogens (tertiary/aromatic N) is 1. The van der Waals surface area contributed by atoms with E-state index in [-0.39, 0.29) is 11.5 Å². The molecule has 1 unspecified atom stereocenters. The molecule has 1 aromatic carbocycles. The zero-order valence-electron chi connectivity index (χ0n) is 12.3. The van der Waals surface area contributed by atoms with Gasteiger partial charge in [0.1, 0.15) is 5.01 Å². The van der Waals surface area contributed by atoms with Crippen molar-refractivity contribution in [3.63, 3.8) is 0 Å². The van der Waals surface area contributed by atoms with Crippen molar-refractivity contribution in [1.29, 1.82) is 0 Å². The van der Waals surface area contributed by atoms with Crippen molar-refractivity contribution < 1.29 is 14.3 Å². The Bertz CT molecular complexity index is 810. The van der Waals surface area contributed by atoms with E-state index in [4.69, 9.17) is 4.74 Å². The highest BCUT2D eigenvalue weighted by Crippen LogP contribution is 2.26. The highest BCUT2D eigenvalue weighted by Gasteiger charge is 2.22. The summed E-state index contributed by atoms with van der Waals surface area (Å²) >= 11 is 2.95. The summed E-state index contributed by atoms with van der Waals surface area (Å²) in [6.45, 7) is 1.57. The molecule has 1 atom stereocenters. The van der Waals surface area contributed by atoms with Gasteiger partial charge in [-0.25, -0.2) is 9.78 Å². The number of carbonyl (C=O) groups is 2. The first-order valence-corrected chi connectivity index (χ1v) is 8.76. The van der Waals surface area contributed by atoms with Crippen LogP contribution in [0.4, 0.5) is 0 Å². The summed E-state index contributed by atoms with van der Waals surface area (Å²) in [6, 6.07) is 10.7. The third-order valence-corrected chi connectivity index (χ3v) is 4.77. The van der Waals surface area contributed by atoms with Crippen LogP contribution in [-0.2, 0) is 4.74 Å².